The van der Waals surface area contributed by atoms with Gasteiger partial charge in [0.05, 0.1) is 11.2 Å². The zero-order chi connectivity index (χ0) is 22.1. The summed E-state index contributed by atoms with van der Waals surface area (Å²) < 4.78 is 41.5. The first-order valence-corrected chi connectivity index (χ1v) is 10.5. The first kappa shape index (κ1) is 21.6. The van der Waals surface area contributed by atoms with Gasteiger partial charge >= 0.3 is 6.18 Å². The molecule has 2 heterocycles. The van der Waals surface area contributed by atoms with Gasteiger partial charge in [-0.15, -0.1) is 0 Å². The summed E-state index contributed by atoms with van der Waals surface area (Å²) in [5, 5.41) is 11.6. The molecule has 0 spiro atoms. The van der Waals surface area contributed by atoms with Crippen LogP contribution in [-0.4, -0.2) is 46.3 Å². The lowest BCUT2D eigenvalue weighted by molar-refractivity contribution is -0.154. The number of pyridine rings is 1. The van der Waals surface area contributed by atoms with E-state index in [9.17, 15) is 23.1 Å². The molecule has 8 heteroatoms. The number of benzene rings is 1. The maximum absolute atomic E-state index is 13.2. The van der Waals surface area contributed by atoms with Crippen LogP contribution in [-0.2, 0) is 5.60 Å². The van der Waals surface area contributed by atoms with Crippen LogP contribution in [0, 0.1) is 5.92 Å². The minimum absolute atomic E-state index is 0.0660. The molecule has 31 heavy (non-hydrogen) atoms. The number of ether oxygens (including phenoxy) is 1. The number of amides is 1. The number of hydrogen-bond donors (Lipinski definition) is 1. The van der Waals surface area contributed by atoms with Crippen LogP contribution in [0.3, 0.4) is 0 Å². The van der Waals surface area contributed by atoms with Crippen LogP contribution in [0.1, 0.15) is 48.0 Å². The largest absolute Gasteiger partial charge is 0.468 e. The number of hydrogen-bond acceptors (Lipinski definition) is 4. The third kappa shape index (κ3) is 4.54. The zero-order valence-corrected chi connectivity index (χ0v) is 17.0. The fourth-order valence-electron chi connectivity index (χ4n) is 4.93. The van der Waals surface area contributed by atoms with E-state index in [1.807, 2.05) is 30.3 Å². The third-order valence-corrected chi connectivity index (χ3v) is 6.38. The van der Waals surface area contributed by atoms with E-state index >= 15 is 0 Å². The number of alkyl halides is 3. The lowest BCUT2D eigenvalue weighted by atomic mass is 9.66. The van der Waals surface area contributed by atoms with E-state index in [1.165, 1.54) is 18.3 Å². The zero-order valence-electron chi connectivity index (χ0n) is 17.0. The summed E-state index contributed by atoms with van der Waals surface area (Å²) in [6.07, 6.45) is 0.876. The number of rotatable bonds is 4. The SMILES string of the molecule is O=C(c1ccc(OCC(F)(F)F)nc1)N1CC[C@@](O)(c2ccccc2)[C@@H]2CCCC[C@@H]21. The Kier molecular flexibility index (Phi) is 5.92. The van der Waals surface area contributed by atoms with Crippen molar-refractivity contribution in [2.75, 3.05) is 13.2 Å². The highest BCUT2D eigenvalue weighted by atomic mass is 19.4. The molecule has 2 fully saturated rings. The van der Waals surface area contributed by atoms with Crippen molar-refractivity contribution in [3.05, 3.63) is 59.8 Å². The molecule has 166 valence electrons. The molecular weight excluding hydrogens is 409 g/mol. The van der Waals surface area contributed by atoms with Gasteiger partial charge in [0.2, 0.25) is 5.88 Å². The fraction of sp³-hybridized carbons (Fsp3) is 0.478. The normalized spacial score (nSPS) is 26.3. The molecule has 1 aliphatic carbocycles. The van der Waals surface area contributed by atoms with E-state index in [1.54, 1.807) is 4.90 Å². The average molecular weight is 434 g/mol. The van der Waals surface area contributed by atoms with Gasteiger partial charge in [-0.2, -0.15) is 13.2 Å². The predicted molar refractivity (Wildman–Crippen MR) is 108 cm³/mol. The van der Waals surface area contributed by atoms with Gasteiger partial charge in [0.1, 0.15) is 0 Å². The molecule has 1 aliphatic heterocycles. The molecule has 4 rings (SSSR count). The van der Waals surface area contributed by atoms with Crippen molar-refractivity contribution >= 4 is 5.91 Å². The first-order chi connectivity index (χ1) is 14.8. The van der Waals surface area contributed by atoms with Gasteiger partial charge in [-0.3, -0.25) is 4.79 Å². The number of halogens is 3. The highest BCUT2D eigenvalue weighted by Crippen LogP contribution is 2.47. The Hall–Kier alpha value is -2.61. The van der Waals surface area contributed by atoms with Crippen LogP contribution >= 0.6 is 0 Å². The van der Waals surface area contributed by atoms with Gasteiger partial charge in [-0.05, 0) is 30.9 Å². The molecule has 1 saturated heterocycles. The second-order valence-corrected chi connectivity index (χ2v) is 8.29. The topological polar surface area (TPSA) is 62.7 Å². The molecule has 1 saturated carbocycles. The molecule has 5 nitrogen and oxygen atoms in total. The summed E-state index contributed by atoms with van der Waals surface area (Å²) in [5.74, 6) is -0.466. The number of aliphatic hydroxyl groups is 1. The Balaban J connectivity index is 1.52. The van der Waals surface area contributed by atoms with Crippen molar-refractivity contribution in [3.63, 3.8) is 0 Å². The highest BCUT2D eigenvalue weighted by molar-refractivity contribution is 5.94. The van der Waals surface area contributed by atoms with E-state index in [-0.39, 0.29) is 23.7 Å². The lowest BCUT2D eigenvalue weighted by Crippen LogP contribution is -2.59. The Labute approximate surface area is 178 Å². The number of piperidine rings is 1. The number of carbonyl (C=O) groups is 1. The molecule has 1 aromatic carbocycles. The second-order valence-electron chi connectivity index (χ2n) is 8.29. The van der Waals surface area contributed by atoms with Crippen LogP contribution in [0.5, 0.6) is 5.88 Å². The maximum Gasteiger partial charge on any atom is 0.422 e. The molecule has 0 bridgehead atoms. The molecular formula is C23H25F3N2O3. The van der Waals surface area contributed by atoms with Crippen molar-refractivity contribution in [1.82, 2.24) is 9.88 Å². The summed E-state index contributed by atoms with van der Waals surface area (Å²) >= 11 is 0. The van der Waals surface area contributed by atoms with Gasteiger partial charge in [0.25, 0.3) is 5.91 Å². The van der Waals surface area contributed by atoms with Gasteiger partial charge in [0, 0.05) is 30.8 Å². The monoisotopic (exact) mass is 434 g/mol. The quantitative estimate of drug-likeness (QED) is 0.779. The standard InChI is InChI=1S/C23H25F3N2O3/c24-23(25,26)15-31-20-11-10-16(14-27-20)21(29)28-13-12-22(30,17-6-2-1-3-7-17)18-8-4-5-9-19(18)28/h1-3,6-7,10-11,14,18-19,30H,4-5,8-9,12-13,15H2/t18-,19+,22-/m1/s1. The smallest absolute Gasteiger partial charge is 0.422 e. The van der Waals surface area contributed by atoms with Crippen molar-refractivity contribution in [3.8, 4) is 5.88 Å². The van der Waals surface area contributed by atoms with Crippen molar-refractivity contribution in [2.45, 2.75) is 49.9 Å². The van der Waals surface area contributed by atoms with Crippen LogP contribution in [0.2, 0.25) is 0 Å². The second kappa shape index (κ2) is 8.49. The minimum Gasteiger partial charge on any atom is -0.468 e. The van der Waals surface area contributed by atoms with Crippen molar-refractivity contribution in [2.24, 2.45) is 5.92 Å². The minimum atomic E-state index is -4.45. The Morgan fingerprint density at radius 1 is 1.16 bits per heavy atom. The van der Waals surface area contributed by atoms with Gasteiger partial charge in [0.15, 0.2) is 6.61 Å². The van der Waals surface area contributed by atoms with E-state index in [0.717, 1.165) is 31.2 Å². The number of carbonyl (C=O) groups excluding carboxylic acids is 1. The predicted octanol–water partition coefficient (Wildman–Crippen LogP) is 4.32. The lowest BCUT2D eigenvalue weighted by Gasteiger charge is -2.52. The molecule has 0 unspecified atom stereocenters. The average Bonchev–Trinajstić information content (AvgIpc) is 2.78. The maximum atomic E-state index is 13.2. The van der Waals surface area contributed by atoms with E-state index in [0.29, 0.717) is 18.5 Å². The van der Waals surface area contributed by atoms with E-state index in [2.05, 4.69) is 9.72 Å². The Bertz CT molecular complexity index is 905. The van der Waals surface area contributed by atoms with E-state index in [4.69, 9.17) is 0 Å². The number of fused-ring (bicyclic) bond motifs is 1. The number of aromatic nitrogens is 1. The number of likely N-dealkylation sites (tertiary alicyclic amines) is 1. The molecule has 3 atom stereocenters. The Morgan fingerprint density at radius 2 is 1.90 bits per heavy atom. The molecule has 1 amide bonds. The highest BCUT2D eigenvalue weighted by Gasteiger charge is 2.50. The Morgan fingerprint density at radius 3 is 2.58 bits per heavy atom. The summed E-state index contributed by atoms with van der Waals surface area (Å²) in [6.45, 7) is -1.03. The summed E-state index contributed by atoms with van der Waals surface area (Å²) in [5.41, 5.74) is 0.206. The van der Waals surface area contributed by atoms with Crippen molar-refractivity contribution in [1.29, 1.82) is 0 Å². The molecule has 2 aliphatic rings. The molecule has 1 N–H and O–H groups in total. The summed E-state index contributed by atoms with van der Waals surface area (Å²) in [6, 6.07) is 12.2. The molecule has 1 aromatic heterocycles. The van der Waals surface area contributed by atoms with E-state index < -0.39 is 18.4 Å². The van der Waals surface area contributed by atoms with Crippen molar-refractivity contribution < 1.29 is 27.8 Å². The molecule has 0 radical (unpaired) electrons. The van der Waals surface area contributed by atoms with Crippen LogP contribution in [0.25, 0.3) is 0 Å². The number of nitrogens with zero attached hydrogens (tertiary/aromatic N) is 2. The van der Waals surface area contributed by atoms with Gasteiger partial charge in [-0.1, -0.05) is 43.2 Å². The van der Waals surface area contributed by atoms with Gasteiger partial charge < -0.3 is 14.7 Å². The third-order valence-electron chi connectivity index (χ3n) is 6.38. The fourth-order valence-corrected chi connectivity index (χ4v) is 4.93. The first-order valence-electron chi connectivity index (χ1n) is 10.5. The summed E-state index contributed by atoms with van der Waals surface area (Å²) in [4.78, 5) is 18.9. The van der Waals surface area contributed by atoms with Gasteiger partial charge in [-0.25, -0.2) is 4.98 Å². The molecule has 2 aromatic rings. The van der Waals surface area contributed by atoms with Crippen LogP contribution in [0.4, 0.5) is 13.2 Å². The van der Waals surface area contributed by atoms with Crippen LogP contribution < -0.4 is 4.74 Å². The van der Waals surface area contributed by atoms with Crippen LogP contribution in [0.15, 0.2) is 48.7 Å². The summed E-state index contributed by atoms with van der Waals surface area (Å²) in [7, 11) is 0.